The molecule has 1 saturated carbocycles. The summed E-state index contributed by atoms with van der Waals surface area (Å²) >= 11 is 0. The highest BCUT2D eigenvalue weighted by atomic mass is 32.2. The number of hydrogen-bond donors (Lipinski definition) is 1. The second-order valence-corrected chi connectivity index (χ2v) is 7.35. The van der Waals surface area contributed by atoms with E-state index in [2.05, 4.69) is 10.4 Å². The van der Waals surface area contributed by atoms with Gasteiger partial charge in [0, 0.05) is 35.0 Å². The number of nitrogens with zero attached hydrogens (tertiary/aromatic N) is 2. The molecule has 1 aromatic carbocycles. The van der Waals surface area contributed by atoms with Crippen LogP contribution in [0.1, 0.15) is 31.2 Å². The highest BCUT2D eigenvalue weighted by Gasteiger charge is 2.18. The van der Waals surface area contributed by atoms with Crippen LogP contribution in [0.4, 0.5) is 0 Å². The summed E-state index contributed by atoms with van der Waals surface area (Å²) in [6.45, 7) is 0. The van der Waals surface area contributed by atoms with E-state index in [-0.39, 0.29) is 17.7 Å². The molecule has 0 aliphatic heterocycles. The number of carbonyl (C=O) groups excluding carboxylic acids is 1. The summed E-state index contributed by atoms with van der Waals surface area (Å²) in [6.07, 6.45) is 8.06. The highest BCUT2D eigenvalue weighted by molar-refractivity contribution is 7.84. The van der Waals surface area contributed by atoms with Gasteiger partial charge in [-0.05, 0) is 36.6 Å². The van der Waals surface area contributed by atoms with Crippen molar-refractivity contribution in [2.75, 3.05) is 5.75 Å². The molecule has 2 aromatic rings. The first kappa shape index (κ1) is 15.9. The van der Waals surface area contributed by atoms with Crippen molar-refractivity contribution in [3.63, 3.8) is 0 Å². The third kappa shape index (κ3) is 4.51. The zero-order valence-electron chi connectivity index (χ0n) is 13.0. The molecule has 1 aromatic heterocycles. The van der Waals surface area contributed by atoms with E-state index >= 15 is 0 Å². The minimum Gasteiger partial charge on any atom is -0.353 e. The van der Waals surface area contributed by atoms with Gasteiger partial charge < -0.3 is 5.32 Å². The molecular formula is C17H21N3O2S. The summed E-state index contributed by atoms with van der Waals surface area (Å²) in [4.78, 5) is 11.9. The zero-order chi connectivity index (χ0) is 16.1. The molecule has 23 heavy (non-hydrogen) atoms. The van der Waals surface area contributed by atoms with E-state index in [1.165, 1.54) is 12.8 Å². The van der Waals surface area contributed by atoms with Crippen molar-refractivity contribution in [1.29, 1.82) is 0 Å². The second kappa shape index (κ2) is 7.55. The zero-order valence-corrected chi connectivity index (χ0v) is 13.8. The molecule has 1 aliphatic carbocycles. The lowest BCUT2D eigenvalue weighted by atomic mass is 10.2. The van der Waals surface area contributed by atoms with E-state index in [0.29, 0.717) is 5.75 Å². The number of benzene rings is 1. The van der Waals surface area contributed by atoms with Crippen molar-refractivity contribution in [3.05, 3.63) is 48.3 Å². The van der Waals surface area contributed by atoms with Crippen LogP contribution < -0.4 is 5.32 Å². The minimum atomic E-state index is -1.18. The van der Waals surface area contributed by atoms with Crippen LogP contribution in [0.3, 0.4) is 0 Å². The molecule has 1 fully saturated rings. The number of rotatable bonds is 6. The third-order valence-electron chi connectivity index (χ3n) is 4.05. The van der Waals surface area contributed by atoms with Crippen LogP contribution in [0.15, 0.2) is 42.7 Å². The Hall–Kier alpha value is -1.95. The molecule has 0 radical (unpaired) electrons. The number of aromatic nitrogens is 2. The van der Waals surface area contributed by atoms with Crippen molar-refractivity contribution < 1.29 is 9.00 Å². The van der Waals surface area contributed by atoms with Gasteiger partial charge >= 0.3 is 0 Å². The topological polar surface area (TPSA) is 64.0 Å². The smallest absolute Gasteiger partial charge is 0.232 e. The van der Waals surface area contributed by atoms with E-state index in [0.717, 1.165) is 24.1 Å². The molecule has 3 rings (SSSR count). The first-order valence-electron chi connectivity index (χ1n) is 7.94. The van der Waals surface area contributed by atoms with E-state index in [1.54, 1.807) is 10.9 Å². The molecule has 0 spiro atoms. The van der Waals surface area contributed by atoms with Gasteiger partial charge in [-0.2, -0.15) is 5.10 Å². The fraction of sp³-hybridized carbons (Fsp3) is 0.412. The Bertz CT molecular complexity index is 662. The SMILES string of the molecule is O=C(CS(=O)Cc1ccc(-n2cccn2)cc1)NC1CCCC1. The molecule has 1 atom stereocenters. The maximum absolute atomic E-state index is 12.1. The van der Waals surface area contributed by atoms with E-state index < -0.39 is 10.8 Å². The first-order valence-corrected chi connectivity index (χ1v) is 9.43. The van der Waals surface area contributed by atoms with Crippen molar-refractivity contribution >= 4 is 16.7 Å². The van der Waals surface area contributed by atoms with Gasteiger partial charge in [-0.3, -0.25) is 9.00 Å². The molecule has 0 bridgehead atoms. The fourth-order valence-electron chi connectivity index (χ4n) is 2.89. The average molecular weight is 331 g/mol. The Morgan fingerprint density at radius 3 is 2.65 bits per heavy atom. The summed E-state index contributed by atoms with van der Waals surface area (Å²) in [5.41, 5.74) is 1.93. The summed E-state index contributed by atoms with van der Waals surface area (Å²) < 4.78 is 13.9. The largest absolute Gasteiger partial charge is 0.353 e. The van der Waals surface area contributed by atoms with Crippen molar-refractivity contribution in [1.82, 2.24) is 15.1 Å². The van der Waals surface area contributed by atoms with Gasteiger partial charge in [0.2, 0.25) is 5.91 Å². The summed E-state index contributed by atoms with van der Waals surface area (Å²) in [5.74, 6) is 0.387. The molecule has 1 aliphatic rings. The monoisotopic (exact) mass is 331 g/mol. The third-order valence-corrected chi connectivity index (χ3v) is 5.28. The molecular weight excluding hydrogens is 310 g/mol. The quantitative estimate of drug-likeness (QED) is 0.882. The molecule has 6 heteroatoms. The maximum atomic E-state index is 12.1. The second-order valence-electron chi connectivity index (χ2n) is 5.89. The predicted molar refractivity (Wildman–Crippen MR) is 90.7 cm³/mol. The Morgan fingerprint density at radius 1 is 1.26 bits per heavy atom. The van der Waals surface area contributed by atoms with Gasteiger partial charge in [-0.25, -0.2) is 4.68 Å². The maximum Gasteiger partial charge on any atom is 0.232 e. The molecule has 1 N–H and O–H groups in total. The Labute approximate surface area is 138 Å². The first-order chi connectivity index (χ1) is 11.2. The molecule has 122 valence electrons. The van der Waals surface area contributed by atoms with Crippen molar-refractivity contribution in [2.24, 2.45) is 0 Å². The van der Waals surface area contributed by atoms with Gasteiger partial charge in [0.25, 0.3) is 0 Å². The van der Waals surface area contributed by atoms with Crippen LogP contribution in [0.5, 0.6) is 0 Å². The van der Waals surface area contributed by atoms with Gasteiger partial charge in [0.05, 0.1) is 5.69 Å². The van der Waals surface area contributed by atoms with Crippen LogP contribution in [-0.2, 0) is 21.3 Å². The minimum absolute atomic E-state index is 0.0808. The van der Waals surface area contributed by atoms with E-state index in [1.807, 2.05) is 36.5 Å². The lowest BCUT2D eigenvalue weighted by Crippen LogP contribution is -2.35. The number of amides is 1. The predicted octanol–water partition coefficient (Wildman–Crippen LogP) is 2.18. The lowest BCUT2D eigenvalue weighted by molar-refractivity contribution is -0.119. The standard InChI is InChI=1S/C17H21N3O2S/c21-17(19-15-4-1-2-5-15)13-23(22)12-14-6-8-16(9-7-14)20-11-3-10-18-20/h3,6-11,15H,1-2,4-5,12-13H2,(H,19,21). The fourth-order valence-corrected chi connectivity index (χ4v) is 3.93. The summed E-state index contributed by atoms with van der Waals surface area (Å²) in [6, 6.07) is 9.91. The van der Waals surface area contributed by atoms with Crippen LogP contribution in [0, 0.1) is 0 Å². The average Bonchev–Trinajstić information content (AvgIpc) is 3.20. The molecule has 1 unspecified atom stereocenters. The van der Waals surface area contributed by atoms with Gasteiger partial charge in [0.1, 0.15) is 5.75 Å². The molecule has 0 saturated heterocycles. The number of nitrogens with one attached hydrogen (secondary N) is 1. The van der Waals surface area contributed by atoms with E-state index in [4.69, 9.17) is 0 Å². The highest BCUT2D eigenvalue weighted by Crippen LogP contribution is 2.17. The van der Waals surface area contributed by atoms with Gasteiger partial charge in [-0.15, -0.1) is 0 Å². The number of carbonyl (C=O) groups is 1. The molecule has 1 heterocycles. The molecule has 1 amide bonds. The van der Waals surface area contributed by atoms with Crippen LogP contribution in [0.25, 0.3) is 5.69 Å². The lowest BCUT2D eigenvalue weighted by Gasteiger charge is -2.11. The summed E-state index contributed by atoms with van der Waals surface area (Å²) in [7, 11) is -1.18. The van der Waals surface area contributed by atoms with Gasteiger partial charge in [0.15, 0.2) is 0 Å². The summed E-state index contributed by atoms with van der Waals surface area (Å²) in [5, 5.41) is 7.15. The van der Waals surface area contributed by atoms with Crippen LogP contribution >= 0.6 is 0 Å². The van der Waals surface area contributed by atoms with Gasteiger partial charge in [-0.1, -0.05) is 25.0 Å². The number of hydrogen-bond acceptors (Lipinski definition) is 3. The van der Waals surface area contributed by atoms with E-state index in [9.17, 15) is 9.00 Å². The normalized spacial score (nSPS) is 16.3. The Kier molecular flexibility index (Phi) is 5.23. The Balaban J connectivity index is 1.50. The Morgan fingerprint density at radius 2 is 2.00 bits per heavy atom. The van der Waals surface area contributed by atoms with Crippen LogP contribution in [0.2, 0.25) is 0 Å². The molecule has 5 nitrogen and oxygen atoms in total. The van der Waals surface area contributed by atoms with Crippen LogP contribution in [-0.4, -0.2) is 31.7 Å². The van der Waals surface area contributed by atoms with Crippen molar-refractivity contribution in [2.45, 2.75) is 37.5 Å². The van der Waals surface area contributed by atoms with Crippen molar-refractivity contribution in [3.8, 4) is 5.69 Å².